The van der Waals surface area contributed by atoms with Gasteiger partial charge < -0.3 is 10.1 Å². The van der Waals surface area contributed by atoms with Crippen molar-refractivity contribution in [1.82, 2.24) is 10.3 Å². The average Bonchev–Trinajstić information content (AvgIpc) is 2.83. The molecule has 0 radical (unpaired) electrons. The topological polar surface area (TPSA) is 51.2 Å². The summed E-state index contributed by atoms with van der Waals surface area (Å²) < 4.78 is 5.69. The number of aromatic nitrogens is 1. The van der Waals surface area contributed by atoms with Gasteiger partial charge in [0.15, 0.2) is 0 Å². The van der Waals surface area contributed by atoms with Crippen molar-refractivity contribution < 1.29 is 9.53 Å². The van der Waals surface area contributed by atoms with Gasteiger partial charge in [-0.05, 0) is 39.8 Å². The van der Waals surface area contributed by atoms with Gasteiger partial charge in [0, 0.05) is 10.9 Å². The van der Waals surface area contributed by atoms with E-state index in [9.17, 15) is 4.79 Å². The molecule has 5 heteroatoms. The number of nitrogens with zero attached hydrogens (tertiary/aromatic N) is 1. The van der Waals surface area contributed by atoms with Crippen LogP contribution < -0.4 is 10.1 Å². The van der Waals surface area contributed by atoms with Crippen LogP contribution in [0.3, 0.4) is 0 Å². The summed E-state index contributed by atoms with van der Waals surface area (Å²) in [6.07, 6.45) is 0.304. The van der Waals surface area contributed by atoms with Crippen LogP contribution in [0, 0.1) is 6.92 Å². The molecule has 0 fully saturated rings. The van der Waals surface area contributed by atoms with E-state index in [0.717, 1.165) is 16.5 Å². The van der Waals surface area contributed by atoms with Gasteiger partial charge in [-0.2, -0.15) is 0 Å². The Labute approximate surface area is 135 Å². The SMILES string of the molecule is Cc1ccc(OCc2nc(CC(=O)NC(C)(C)C)cs2)cc1. The fourth-order valence-electron chi connectivity index (χ4n) is 1.90. The van der Waals surface area contributed by atoms with Crippen molar-refractivity contribution in [2.75, 3.05) is 0 Å². The molecule has 1 amide bonds. The van der Waals surface area contributed by atoms with Crippen LogP contribution >= 0.6 is 11.3 Å². The number of hydrogen-bond acceptors (Lipinski definition) is 4. The van der Waals surface area contributed by atoms with Crippen molar-refractivity contribution in [3.05, 3.63) is 45.9 Å². The molecule has 0 spiro atoms. The number of thiazole rings is 1. The average molecular weight is 318 g/mol. The van der Waals surface area contributed by atoms with Crippen molar-refractivity contribution in [2.24, 2.45) is 0 Å². The Morgan fingerprint density at radius 1 is 1.27 bits per heavy atom. The molecule has 1 aromatic carbocycles. The van der Waals surface area contributed by atoms with E-state index in [0.29, 0.717) is 13.0 Å². The smallest absolute Gasteiger partial charge is 0.226 e. The number of rotatable bonds is 5. The quantitative estimate of drug-likeness (QED) is 0.918. The lowest BCUT2D eigenvalue weighted by Crippen LogP contribution is -2.41. The summed E-state index contributed by atoms with van der Waals surface area (Å²) in [4.78, 5) is 16.3. The van der Waals surface area contributed by atoms with E-state index in [1.54, 1.807) is 0 Å². The molecule has 1 N–H and O–H groups in total. The molecule has 1 heterocycles. The Hall–Kier alpha value is -1.88. The first-order valence-corrected chi connectivity index (χ1v) is 8.13. The van der Waals surface area contributed by atoms with E-state index in [1.165, 1.54) is 16.9 Å². The Balaban J connectivity index is 1.86. The third-order valence-corrected chi connectivity index (χ3v) is 3.71. The summed E-state index contributed by atoms with van der Waals surface area (Å²) in [5.41, 5.74) is 1.77. The maximum atomic E-state index is 11.9. The van der Waals surface area contributed by atoms with Crippen LogP contribution in [0.25, 0.3) is 0 Å². The molecule has 0 unspecified atom stereocenters. The molecule has 2 rings (SSSR count). The number of amides is 1. The summed E-state index contributed by atoms with van der Waals surface area (Å²) in [5, 5.41) is 5.72. The highest BCUT2D eigenvalue weighted by atomic mass is 32.1. The standard InChI is InChI=1S/C17H22N2O2S/c1-12-5-7-14(8-6-12)21-10-16-18-13(11-22-16)9-15(20)19-17(2,3)4/h5-8,11H,9-10H2,1-4H3,(H,19,20). The number of ether oxygens (including phenoxy) is 1. The zero-order valence-electron chi connectivity index (χ0n) is 13.5. The molecule has 0 aliphatic rings. The fraction of sp³-hybridized carbons (Fsp3) is 0.412. The lowest BCUT2D eigenvalue weighted by molar-refractivity contribution is -0.121. The van der Waals surface area contributed by atoms with Crippen molar-refractivity contribution in [1.29, 1.82) is 0 Å². The highest BCUT2D eigenvalue weighted by Gasteiger charge is 2.15. The molecular weight excluding hydrogens is 296 g/mol. The maximum absolute atomic E-state index is 11.9. The van der Waals surface area contributed by atoms with Gasteiger partial charge in [-0.3, -0.25) is 4.79 Å². The third kappa shape index (κ3) is 5.48. The van der Waals surface area contributed by atoms with E-state index in [1.807, 2.05) is 57.3 Å². The number of aryl methyl sites for hydroxylation is 1. The second-order valence-corrected chi connectivity index (χ2v) is 7.25. The fourth-order valence-corrected chi connectivity index (χ4v) is 2.61. The second kappa shape index (κ2) is 6.92. The van der Waals surface area contributed by atoms with Crippen LogP contribution in [-0.2, 0) is 17.8 Å². The van der Waals surface area contributed by atoms with Gasteiger partial charge in [-0.25, -0.2) is 4.98 Å². The minimum absolute atomic E-state index is 0.0104. The molecule has 2 aromatic rings. The second-order valence-electron chi connectivity index (χ2n) is 6.31. The summed E-state index contributed by atoms with van der Waals surface area (Å²) in [5.74, 6) is 0.816. The molecule has 0 aliphatic heterocycles. The zero-order valence-corrected chi connectivity index (χ0v) is 14.3. The number of benzene rings is 1. The first kappa shape index (κ1) is 16.5. The van der Waals surface area contributed by atoms with Crippen LogP contribution in [-0.4, -0.2) is 16.4 Å². The van der Waals surface area contributed by atoms with Gasteiger partial charge in [0.05, 0.1) is 12.1 Å². The Morgan fingerprint density at radius 3 is 2.59 bits per heavy atom. The number of carbonyl (C=O) groups is 1. The van der Waals surface area contributed by atoms with E-state index >= 15 is 0 Å². The Bertz CT molecular complexity index is 627. The van der Waals surface area contributed by atoms with Gasteiger partial charge in [-0.15, -0.1) is 11.3 Å². The molecule has 0 atom stereocenters. The number of hydrogen-bond donors (Lipinski definition) is 1. The minimum atomic E-state index is -0.218. The molecule has 0 saturated heterocycles. The predicted octanol–water partition coefficient (Wildman–Crippen LogP) is 3.49. The van der Waals surface area contributed by atoms with Crippen LogP contribution in [0.5, 0.6) is 5.75 Å². The Kier molecular flexibility index (Phi) is 5.19. The lowest BCUT2D eigenvalue weighted by Gasteiger charge is -2.20. The molecule has 0 aliphatic carbocycles. The minimum Gasteiger partial charge on any atom is -0.486 e. The molecule has 22 heavy (non-hydrogen) atoms. The van der Waals surface area contributed by atoms with E-state index < -0.39 is 0 Å². The van der Waals surface area contributed by atoms with Gasteiger partial charge in [0.1, 0.15) is 17.4 Å². The molecular formula is C17H22N2O2S. The first-order chi connectivity index (χ1) is 10.3. The molecule has 0 bridgehead atoms. The largest absolute Gasteiger partial charge is 0.486 e. The highest BCUT2D eigenvalue weighted by molar-refractivity contribution is 7.09. The van der Waals surface area contributed by atoms with Crippen molar-refractivity contribution in [3.8, 4) is 5.75 Å². The van der Waals surface area contributed by atoms with Gasteiger partial charge in [-0.1, -0.05) is 17.7 Å². The van der Waals surface area contributed by atoms with Crippen LogP contribution in [0.1, 0.15) is 37.0 Å². The summed E-state index contributed by atoms with van der Waals surface area (Å²) in [6, 6.07) is 7.92. The van der Waals surface area contributed by atoms with Gasteiger partial charge >= 0.3 is 0 Å². The monoisotopic (exact) mass is 318 g/mol. The van der Waals surface area contributed by atoms with E-state index in [4.69, 9.17) is 4.74 Å². The number of nitrogens with one attached hydrogen (secondary N) is 1. The summed E-state index contributed by atoms with van der Waals surface area (Å²) in [6.45, 7) is 8.36. The van der Waals surface area contributed by atoms with Crippen LogP contribution in [0.2, 0.25) is 0 Å². The third-order valence-electron chi connectivity index (χ3n) is 2.84. The highest BCUT2D eigenvalue weighted by Crippen LogP contribution is 2.16. The predicted molar refractivity (Wildman–Crippen MR) is 89.2 cm³/mol. The Morgan fingerprint density at radius 2 is 1.95 bits per heavy atom. The molecule has 118 valence electrons. The lowest BCUT2D eigenvalue weighted by atomic mass is 10.1. The normalized spacial score (nSPS) is 11.3. The van der Waals surface area contributed by atoms with Crippen molar-refractivity contribution in [3.63, 3.8) is 0 Å². The summed E-state index contributed by atoms with van der Waals surface area (Å²) in [7, 11) is 0. The summed E-state index contributed by atoms with van der Waals surface area (Å²) >= 11 is 1.52. The van der Waals surface area contributed by atoms with E-state index in [2.05, 4.69) is 10.3 Å². The zero-order chi connectivity index (χ0) is 16.2. The van der Waals surface area contributed by atoms with Crippen molar-refractivity contribution in [2.45, 2.75) is 46.3 Å². The molecule has 4 nitrogen and oxygen atoms in total. The van der Waals surface area contributed by atoms with Gasteiger partial charge in [0.2, 0.25) is 5.91 Å². The number of carbonyl (C=O) groups excluding carboxylic acids is 1. The van der Waals surface area contributed by atoms with Crippen LogP contribution in [0.15, 0.2) is 29.6 Å². The molecule has 0 saturated carbocycles. The van der Waals surface area contributed by atoms with Crippen LogP contribution in [0.4, 0.5) is 0 Å². The van der Waals surface area contributed by atoms with E-state index in [-0.39, 0.29) is 11.4 Å². The molecule has 1 aromatic heterocycles. The maximum Gasteiger partial charge on any atom is 0.226 e. The first-order valence-electron chi connectivity index (χ1n) is 7.25. The van der Waals surface area contributed by atoms with Gasteiger partial charge in [0.25, 0.3) is 0 Å². The van der Waals surface area contributed by atoms with Crippen molar-refractivity contribution >= 4 is 17.2 Å².